The summed E-state index contributed by atoms with van der Waals surface area (Å²) >= 11 is 0. The molecule has 0 aliphatic carbocycles. The maximum atomic E-state index is 11.9. The lowest BCUT2D eigenvalue weighted by atomic mass is 10.3. The van der Waals surface area contributed by atoms with Crippen LogP contribution in [0.5, 0.6) is 0 Å². The second kappa shape index (κ2) is 5.88. The van der Waals surface area contributed by atoms with Crippen LogP contribution in [-0.2, 0) is 30.2 Å². The van der Waals surface area contributed by atoms with Gasteiger partial charge in [-0.1, -0.05) is 0 Å². The van der Waals surface area contributed by atoms with Gasteiger partial charge >= 0.3 is 0 Å². The van der Waals surface area contributed by atoms with Gasteiger partial charge in [0.15, 0.2) is 0 Å². The average molecular weight is 358 g/mol. The van der Waals surface area contributed by atoms with Gasteiger partial charge in [0.25, 0.3) is 10.1 Å². The van der Waals surface area contributed by atoms with E-state index < -0.39 is 35.5 Å². The molecule has 0 saturated carbocycles. The summed E-state index contributed by atoms with van der Waals surface area (Å²) in [6.07, 6.45) is 0.937. The highest BCUT2D eigenvalue weighted by Gasteiger charge is 2.24. The van der Waals surface area contributed by atoms with Crippen molar-refractivity contribution in [3.8, 4) is 0 Å². The Morgan fingerprint density at radius 3 is 1.86 bits per heavy atom. The van der Waals surface area contributed by atoms with E-state index in [1.54, 1.807) is 4.72 Å². The zero-order valence-corrected chi connectivity index (χ0v) is 13.5. The van der Waals surface area contributed by atoms with E-state index in [2.05, 4.69) is 4.72 Å². The highest BCUT2D eigenvalue weighted by atomic mass is 32.2. The number of hydrogen-bond donors (Lipinski definition) is 3. The minimum atomic E-state index is -4.56. The Kier molecular flexibility index (Phi) is 5.00. The molecule has 0 fully saturated rings. The zero-order chi connectivity index (χ0) is 16.5. The third kappa shape index (κ3) is 5.59. The van der Waals surface area contributed by atoms with Gasteiger partial charge in [-0.3, -0.25) is 9.27 Å². The molecule has 0 bridgehead atoms. The Balaban J connectivity index is 3.01. The fraction of sp³-hybridized carbons (Fsp3) is 0.333. The van der Waals surface area contributed by atoms with E-state index >= 15 is 0 Å². The molecule has 1 atom stereocenters. The van der Waals surface area contributed by atoms with E-state index in [1.165, 1.54) is 12.1 Å². The Labute approximate surface area is 123 Å². The van der Waals surface area contributed by atoms with Crippen LogP contribution in [-0.4, -0.2) is 41.4 Å². The molecule has 120 valence electrons. The van der Waals surface area contributed by atoms with Crippen LogP contribution in [0.15, 0.2) is 29.2 Å². The van der Waals surface area contributed by atoms with Crippen molar-refractivity contribution in [2.24, 2.45) is 0 Å². The predicted molar refractivity (Wildman–Crippen MR) is 76.2 cm³/mol. The normalized spacial score (nSPS) is 14.6. The van der Waals surface area contributed by atoms with Crippen LogP contribution < -0.4 is 9.44 Å². The molecule has 0 saturated heterocycles. The SMILES string of the molecule is CC(NS(=O)(=O)c1ccc(NS(C)(=O)=O)cc1)S(=O)(=O)O. The standard InChI is InChI=1S/C9H14N2O7S3/c1-7(21(16,17)18)10-20(14,15)9-5-3-8(4-6-9)11-19(2,12)13/h3-7,10-11H,1-2H3,(H,16,17,18). The van der Waals surface area contributed by atoms with E-state index in [1.807, 2.05) is 0 Å². The molecule has 12 heteroatoms. The second-order valence-corrected chi connectivity index (χ2v) is 9.38. The summed E-state index contributed by atoms with van der Waals surface area (Å²) < 4.78 is 80.0. The first kappa shape index (κ1) is 17.8. The zero-order valence-electron chi connectivity index (χ0n) is 11.0. The molecule has 21 heavy (non-hydrogen) atoms. The number of nitrogens with one attached hydrogen (secondary N) is 2. The van der Waals surface area contributed by atoms with E-state index in [0.717, 1.165) is 25.3 Å². The lowest BCUT2D eigenvalue weighted by Crippen LogP contribution is -2.38. The van der Waals surface area contributed by atoms with Crippen molar-refractivity contribution < 1.29 is 29.8 Å². The highest BCUT2D eigenvalue weighted by Crippen LogP contribution is 2.15. The topological polar surface area (TPSA) is 147 Å². The minimum Gasteiger partial charge on any atom is -0.284 e. The molecule has 9 nitrogen and oxygen atoms in total. The van der Waals surface area contributed by atoms with Gasteiger partial charge in [0, 0.05) is 5.69 Å². The van der Waals surface area contributed by atoms with Gasteiger partial charge in [-0.2, -0.15) is 13.1 Å². The maximum Gasteiger partial charge on any atom is 0.281 e. The number of sulfonamides is 2. The molecule has 3 N–H and O–H groups in total. The maximum absolute atomic E-state index is 11.9. The lowest BCUT2D eigenvalue weighted by molar-refractivity contribution is 0.464. The molecule has 0 radical (unpaired) electrons. The first-order valence-corrected chi connectivity index (χ1v) is 10.3. The first-order valence-electron chi connectivity index (χ1n) is 5.38. The summed E-state index contributed by atoms with van der Waals surface area (Å²) in [5, 5.41) is -1.71. The van der Waals surface area contributed by atoms with Gasteiger partial charge < -0.3 is 0 Å². The van der Waals surface area contributed by atoms with E-state index in [-0.39, 0.29) is 10.6 Å². The van der Waals surface area contributed by atoms with Crippen LogP contribution in [0.2, 0.25) is 0 Å². The Bertz CT molecular complexity index is 811. The molecule has 0 amide bonds. The van der Waals surface area contributed by atoms with Crippen molar-refractivity contribution in [2.45, 2.75) is 17.2 Å². The van der Waals surface area contributed by atoms with Gasteiger partial charge in [-0.15, -0.1) is 0 Å². The summed E-state index contributed by atoms with van der Waals surface area (Å²) in [5.41, 5.74) is 0.152. The quantitative estimate of drug-likeness (QED) is 0.585. The molecule has 1 rings (SSSR count). The molecule has 1 unspecified atom stereocenters. The summed E-state index contributed by atoms with van der Waals surface area (Å²) in [4.78, 5) is -0.281. The molecule has 0 aliphatic heterocycles. The summed E-state index contributed by atoms with van der Waals surface area (Å²) in [6, 6.07) is 4.58. The van der Waals surface area contributed by atoms with Crippen molar-refractivity contribution in [3.05, 3.63) is 24.3 Å². The van der Waals surface area contributed by atoms with Crippen LogP contribution in [0, 0.1) is 0 Å². The van der Waals surface area contributed by atoms with Crippen molar-refractivity contribution >= 4 is 35.9 Å². The number of hydrogen-bond acceptors (Lipinski definition) is 6. The lowest BCUT2D eigenvalue weighted by Gasteiger charge is -2.12. The Morgan fingerprint density at radius 2 is 1.48 bits per heavy atom. The highest BCUT2D eigenvalue weighted by molar-refractivity contribution is 7.92. The molecule has 1 aromatic carbocycles. The van der Waals surface area contributed by atoms with Crippen LogP contribution in [0.4, 0.5) is 5.69 Å². The summed E-state index contributed by atoms with van der Waals surface area (Å²) in [6.45, 7) is 0.965. The fourth-order valence-electron chi connectivity index (χ4n) is 1.26. The van der Waals surface area contributed by atoms with Crippen molar-refractivity contribution in [3.63, 3.8) is 0 Å². The number of anilines is 1. The summed E-state index contributed by atoms with van der Waals surface area (Å²) in [7, 11) is -12.2. The van der Waals surface area contributed by atoms with Crippen LogP contribution in [0.1, 0.15) is 6.92 Å². The minimum absolute atomic E-state index is 0.152. The second-order valence-electron chi connectivity index (χ2n) is 4.18. The molecule has 1 aromatic rings. The van der Waals surface area contributed by atoms with E-state index in [0.29, 0.717) is 0 Å². The Morgan fingerprint density at radius 1 is 1.00 bits per heavy atom. The van der Waals surface area contributed by atoms with Gasteiger partial charge in [0.05, 0.1) is 11.2 Å². The monoisotopic (exact) mass is 358 g/mol. The Hall–Kier alpha value is -1.21. The third-order valence-corrected chi connectivity index (χ3v) is 5.56. The third-order valence-electron chi connectivity index (χ3n) is 2.24. The first-order chi connectivity index (χ1) is 9.31. The van der Waals surface area contributed by atoms with Crippen LogP contribution in [0.25, 0.3) is 0 Å². The smallest absolute Gasteiger partial charge is 0.281 e. The van der Waals surface area contributed by atoms with Gasteiger partial charge in [0.2, 0.25) is 20.0 Å². The summed E-state index contributed by atoms with van der Waals surface area (Å²) in [5.74, 6) is 0. The largest absolute Gasteiger partial charge is 0.284 e. The van der Waals surface area contributed by atoms with Crippen LogP contribution >= 0.6 is 0 Å². The molecular weight excluding hydrogens is 344 g/mol. The van der Waals surface area contributed by atoms with Crippen LogP contribution in [0.3, 0.4) is 0 Å². The predicted octanol–water partition coefficient (Wildman–Crippen LogP) is -0.430. The van der Waals surface area contributed by atoms with Gasteiger partial charge in [-0.05, 0) is 31.2 Å². The van der Waals surface area contributed by atoms with Gasteiger partial charge in [0.1, 0.15) is 5.37 Å². The van der Waals surface area contributed by atoms with E-state index in [9.17, 15) is 25.3 Å². The van der Waals surface area contributed by atoms with Crippen molar-refractivity contribution in [2.75, 3.05) is 11.0 Å². The van der Waals surface area contributed by atoms with E-state index in [4.69, 9.17) is 4.55 Å². The fourth-order valence-corrected chi connectivity index (χ4v) is 3.76. The molecule has 0 aliphatic rings. The van der Waals surface area contributed by atoms with Gasteiger partial charge in [-0.25, -0.2) is 16.8 Å². The number of benzene rings is 1. The number of rotatable bonds is 6. The van der Waals surface area contributed by atoms with Crippen molar-refractivity contribution in [1.82, 2.24) is 4.72 Å². The molecule has 0 heterocycles. The molecule has 0 aromatic heterocycles. The molecule has 0 spiro atoms. The average Bonchev–Trinajstić information content (AvgIpc) is 2.25. The molecular formula is C9H14N2O7S3. The van der Waals surface area contributed by atoms with Crippen molar-refractivity contribution in [1.29, 1.82) is 0 Å².